The molecule has 0 aliphatic heterocycles. The molecule has 0 aliphatic carbocycles. The Bertz CT molecular complexity index is 347. The predicted molar refractivity (Wildman–Crippen MR) is 67.8 cm³/mol. The summed E-state index contributed by atoms with van der Waals surface area (Å²) in [5, 5.41) is 4.09. The normalized spacial score (nSPS) is 12.8. The maximum atomic E-state index is 10.9. The monoisotopic (exact) mass is 241 g/mol. The van der Waals surface area contributed by atoms with Crippen molar-refractivity contribution in [1.29, 1.82) is 0 Å². The lowest BCUT2D eigenvalue weighted by Crippen LogP contribution is -2.24. The number of rotatable bonds is 6. The van der Waals surface area contributed by atoms with Gasteiger partial charge >= 0.3 is 0 Å². The molecule has 1 unspecified atom stereocenters. The molecule has 1 rings (SSSR count). The molecule has 3 N–H and O–H groups in total. The van der Waals surface area contributed by atoms with Crippen molar-refractivity contribution in [3.05, 3.63) is 11.1 Å². The van der Waals surface area contributed by atoms with Gasteiger partial charge in [-0.15, -0.1) is 0 Å². The molecule has 90 valence electrons. The van der Waals surface area contributed by atoms with Crippen molar-refractivity contribution in [2.75, 3.05) is 5.32 Å². The summed E-state index contributed by atoms with van der Waals surface area (Å²) in [7, 11) is 0. The summed E-state index contributed by atoms with van der Waals surface area (Å²) >= 11 is 1.31. The third-order valence-corrected chi connectivity index (χ3v) is 3.80. The van der Waals surface area contributed by atoms with Crippen LogP contribution in [0.3, 0.4) is 0 Å². The van der Waals surface area contributed by atoms with Gasteiger partial charge in [0, 0.05) is 6.04 Å². The molecule has 16 heavy (non-hydrogen) atoms. The molecule has 1 amide bonds. The number of nitrogens with one attached hydrogen (secondary N) is 1. The number of nitrogens with zero attached hydrogens (tertiary/aromatic N) is 1. The van der Waals surface area contributed by atoms with Gasteiger partial charge in [-0.3, -0.25) is 4.79 Å². The number of anilines is 1. The Morgan fingerprint density at radius 1 is 1.56 bits per heavy atom. The standard InChI is InChI=1S/C11H19N3OS/c1-4-8(5-2)7(3)14-11-13-6-9(16-11)10(12)15/h6-8H,4-5H2,1-3H3,(H2,12,15)(H,13,14). The summed E-state index contributed by atoms with van der Waals surface area (Å²) in [6, 6.07) is 0.363. The zero-order valence-corrected chi connectivity index (χ0v) is 10.8. The zero-order valence-electron chi connectivity index (χ0n) is 9.99. The number of carbonyl (C=O) groups excluding carboxylic acids is 1. The summed E-state index contributed by atoms with van der Waals surface area (Å²) < 4.78 is 0. The maximum absolute atomic E-state index is 10.9. The summed E-state index contributed by atoms with van der Waals surface area (Å²) in [5.74, 6) is 0.210. The van der Waals surface area contributed by atoms with E-state index in [2.05, 4.69) is 31.1 Å². The molecule has 4 nitrogen and oxygen atoms in total. The Hall–Kier alpha value is -1.10. The fourth-order valence-electron chi connectivity index (χ4n) is 1.76. The largest absolute Gasteiger partial charge is 0.365 e. The molecule has 0 saturated carbocycles. The van der Waals surface area contributed by atoms with Gasteiger partial charge in [-0.1, -0.05) is 38.0 Å². The quantitative estimate of drug-likeness (QED) is 0.804. The van der Waals surface area contributed by atoms with Crippen molar-refractivity contribution in [2.45, 2.75) is 39.7 Å². The Balaban J connectivity index is 2.62. The predicted octanol–water partition coefficient (Wildman–Crippen LogP) is 2.48. The Morgan fingerprint density at radius 3 is 2.62 bits per heavy atom. The molecule has 0 saturated heterocycles. The minimum atomic E-state index is -0.416. The minimum Gasteiger partial charge on any atom is -0.365 e. The highest BCUT2D eigenvalue weighted by Gasteiger charge is 2.15. The average molecular weight is 241 g/mol. The first kappa shape index (κ1) is 13.0. The SMILES string of the molecule is CCC(CC)C(C)Nc1ncc(C(N)=O)s1. The lowest BCUT2D eigenvalue weighted by atomic mass is 9.96. The van der Waals surface area contributed by atoms with Gasteiger partial charge in [0.15, 0.2) is 5.13 Å². The lowest BCUT2D eigenvalue weighted by Gasteiger charge is -2.21. The van der Waals surface area contributed by atoms with Crippen molar-refractivity contribution < 1.29 is 4.79 Å². The zero-order chi connectivity index (χ0) is 12.1. The molecule has 0 radical (unpaired) electrons. The van der Waals surface area contributed by atoms with E-state index in [4.69, 9.17) is 5.73 Å². The van der Waals surface area contributed by atoms with Crippen LogP contribution < -0.4 is 11.1 Å². The van der Waals surface area contributed by atoms with E-state index in [0.29, 0.717) is 16.8 Å². The molecule has 1 aromatic heterocycles. The number of hydrogen-bond donors (Lipinski definition) is 2. The van der Waals surface area contributed by atoms with E-state index in [0.717, 1.165) is 18.0 Å². The van der Waals surface area contributed by atoms with Gasteiger partial charge in [0.05, 0.1) is 6.20 Å². The second kappa shape index (κ2) is 5.84. The number of thiazole rings is 1. The molecule has 1 atom stereocenters. The molecule has 1 heterocycles. The first-order valence-corrected chi connectivity index (χ1v) is 6.42. The second-order valence-corrected chi connectivity index (χ2v) is 4.93. The van der Waals surface area contributed by atoms with Crippen LogP contribution in [0, 0.1) is 5.92 Å². The van der Waals surface area contributed by atoms with Gasteiger partial charge in [0.25, 0.3) is 5.91 Å². The highest BCUT2D eigenvalue weighted by molar-refractivity contribution is 7.17. The van der Waals surface area contributed by atoms with E-state index in [9.17, 15) is 4.79 Å². The first-order chi connectivity index (χ1) is 7.58. The smallest absolute Gasteiger partial charge is 0.260 e. The van der Waals surface area contributed by atoms with Gasteiger partial charge < -0.3 is 11.1 Å². The van der Waals surface area contributed by atoms with Crippen molar-refractivity contribution >= 4 is 22.4 Å². The molecule has 0 aromatic carbocycles. The Kier molecular flexibility index (Phi) is 4.73. The van der Waals surface area contributed by atoms with E-state index < -0.39 is 5.91 Å². The fourth-order valence-corrected chi connectivity index (χ4v) is 2.53. The van der Waals surface area contributed by atoms with Crippen molar-refractivity contribution in [2.24, 2.45) is 11.7 Å². The summed E-state index contributed by atoms with van der Waals surface area (Å²) in [5.41, 5.74) is 5.17. The summed E-state index contributed by atoms with van der Waals surface area (Å²) in [4.78, 5) is 15.5. The van der Waals surface area contributed by atoms with Crippen LogP contribution in [0.25, 0.3) is 0 Å². The van der Waals surface area contributed by atoms with E-state index in [1.54, 1.807) is 0 Å². The van der Waals surface area contributed by atoms with E-state index in [1.165, 1.54) is 17.5 Å². The molecule has 0 fully saturated rings. The first-order valence-electron chi connectivity index (χ1n) is 5.60. The van der Waals surface area contributed by atoms with Gasteiger partial charge in [-0.05, 0) is 12.8 Å². The molecule has 0 spiro atoms. The van der Waals surface area contributed by atoms with Gasteiger partial charge in [-0.25, -0.2) is 4.98 Å². The lowest BCUT2D eigenvalue weighted by molar-refractivity contribution is 0.100. The maximum Gasteiger partial charge on any atom is 0.260 e. The number of nitrogens with two attached hydrogens (primary N) is 1. The van der Waals surface area contributed by atoms with E-state index in [-0.39, 0.29) is 0 Å². The van der Waals surface area contributed by atoms with Crippen molar-refractivity contribution in [1.82, 2.24) is 4.98 Å². The van der Waals surface area contributed by atoms with Crippen LogP contribution in [-0.4, -0.2) is 16.9 Å². The van der Waals surface area contributed by atoms with Crippen LogP contribution in [0.15, 0.2) is 6.20 Å². The van der Waals surface area contributed by atoms with Crippen molar-refractivity contribution in [3.63, 3.8) is 0 Å². The van der Waals surface area contributed by atoms with Gasteiger partial charge in [-0.2, -0.15) is 0 Å². The third kappa shape index (κ3) is 3.20. The number of amides is 1. The molecule has 0 aliphatic rings. The van der Waals surface area contributed by atoms with Crippen LogP contribution in [0.2, 0.25) is 0 Å². The van der Waals surface area contributed by atoms with Crippen LogP contribution in [-0.2, 0) is 0 Å². The molecular formula is C11H19N3OS. The van der Waals surface area contributed by atoms with E-state index in [1.807, 2.05) is 0 Å². The number of hydrogen-bond acceptors (Lipinski definition) is 4. The van der Waals surface area contributed by atoms with Crippen LogP contribution in [0.1, 0.15) is 43.3 Å². The second-order valence-electron chi connectivity index (χ2n) is 3.90. The molecule has 1 aromatic rings. The van der Waals surface area contributed by atoms with Crippen LogP contribution >= 0.6 is 11.3 Å². The van der Waals surface area contributed by atoms with Crippen molar-refractivity contribution in [3.8, 4) is 0 Å². The number of aromatic nitrogens is 1. The number of carbonyl (C=O) groups is 1. The molecule has 0 bridgehead atoms. The van der Waals surface area contributed by atoms with Gasteiger partial charge in [0.1, 0.15) is 4.88 Å². The summed E-state index contributed by atoms with van der Waals surface area (Å²) in [6.45, 7) is 6.51. The Labute approximate surface area is 100 Å². The van der Waals surface area contributed by atoms with Gasteiger partial charge in [0.2, 0.25) is 0 Å². The van der Waals surface area contributed by atoms with E-state index >= 15 is 0 Å². The van der Waals surface area contributed by atoms with Crippen LogP contribution in [0.4, 0.5) is 5.13 Å². The molecular weight excluding hydrogens is 222 g/mol. The highest BCUT2D eigenvalue weighted by atomic mass is 32.1. The number of primary amides is 1. The third-order valence-electron chi connectivity index (χ3n) is 2.86. The molecule has 5 heteroatoms. The average Bonchev–Trinajstić information content (AvgIpc) is 2.68. The van der Waals surface area contributed by atoms with Crippen LogP contribution in [0.5, 0.6) is 0 Å². The minimum absolute atomic E-state index is 0.363. The Morgan fingerprint density at radius 2 is 2.19 bits per heavy atom. The fraction of sp³-hybridized carbons (Fsp3) is 0.636. The highest BCUT2D eigenvalue weighted by Crippen LogP contribution is 2.22. The topological polar surface area (TPSA) is 68.0 Å². The summed E-state index contributed by atoms with van der Waals surface area (Å²) in [6.07, 6.45) is 3.80.